The zero-order chi connectivity index (χ0) is 18.4. The van der Waals surface area contributed by atoms with Gasteiger partial charge in [0.2, 0.25) is 0 Å². The lowest BCUT2D eigenvalue weighted by Crippen LogP contribution is -3.12. The van der Waals surface area contributed by atoms with Crippen LogP contribution in [-0.4, -0.2) is 31.4 Å². The van der Waals surface area contributed by atoms with E-state index in [1.807, 2.05) is 25.1 Å². The number of anilines is 1. The molecule has 0 bridgehead atoms. The Morgan fingerprint density at radius 2 is 1.81 bits per heavy atom. The lowest BCUT2D eigenvalue weighted by atomic mass is 10.1. The highest BCUT2D eigenvalue weighted by Crippen LogP contribution is 2.19. The molecular formula is C20H25ClN3OS+. The van der Waals surface area contributed by atoms with E-state index in [-0.39, 0.29) is 0 Å². The summed E-state index contributed by atoms with van der Waals surface area (Å²) in [6.45, 7) is 7.65. The van der Waals surface area contributed by atoms with Crippen LogP contribution >= 0.6 is 23.8 Å². The number of aryl methyl sites for hydroxylation is 1. The zero-order valence-corrected chi connectivity index (χ0v) is 16.6. The van der Waals surface area contributed by atoms with Gasteiger partial charge in [-0.3, -0.25) is 0 Å². The molecule has 4 nitrogen and oxygen atoms in total. The van der Waals surface area contributed by atoms with Crippen molar-refractivity contribution in [2.45, 2.75) is 20.0 Å². The Balaban J connectivity index is 1.46. The van der Waals surface area contributed by atoms with E-state index >= 15 is 0 Å². The molecular weight excluding hydrogens is 366 g/mol. The fourth-order valence-electron chi connectivity index (χ4n) is 2.93. The van der Waals surface area contributed by atoms with Gasteiger partial charge < -0.3 is 20.3 Å². The monoisotopic (exact) mass is 390 g/mol. The molecule has 0 unspecified atom stereocenters. The van der Waals surface area contributed by atoms with Gasteiger partial charge in [0.25, 0.3) is 0 Å². The summed E-state index contributed by atoms with van der Waals surface area (Å²) < 4.78 is 5.41. The quantitative estimate of drug-likeness (QED) is 0.686. The Labute approximate surface area is 165 Å². The van der Waals surface area contributed by atoms with Crippen molar-refractivity contribution < 1.29 is 9.64 Å². The van der Waals surface area contributed by atoms with Crippen molar-refractivity contribution in [1.82, 2.24) is 5.32 Å². The van der Waals surface area contributed by atoms with Crippen molar-refractivity contribution in [3.63, 3.8) is 0 Å². The van der Waals surface area contributed by atoms with Gasteiger partial charge in [-0.15, -0.1) is 0 Å². The summed E-state index contributed by atoms with van der Waals surface area (Å²) in [7, 11) is 0. The first kappa shape index (κ1) is 19.1. The Bertz CT molecular complexity index is 745. The molecule has 1 aliphatic heterocycles. The maximum atomic E-state index is 6.14. The normalized spacial score (nSPS) is 14.8. The van der Waals surface area contributed by atoms with Gasteiger partial charge in [-0.1, -0.05) is 41.9 Å². The summed E-state index contributed by atoms with van der Waals surface area (Å²) in [6.07, 6.45) is 0. The first-order chi connectivity index (χ1) is 12.6. The van der Waals surface area contributed by atoms with E-state index in [0.29, 0.717) is 11.7 Å². The van der Waals surface area contributed by atoms with Crippen LogP contribution in [0.15, 0.2) is 42.5 Å². The summed E-state index contributed by atoms with van der Waals surface area (Å²) in [5, 5.41) is 7.73. The fourth-order valence-corrected chi connectivity index (χ4v) is 3.30. The van der Waals surface area contributed by atoms with Crippen LogP contribution in [0.1, 0.15) is 16.7 Å². The SMILES string of the molecule is Cc1ccc(NC(=S)NCc2ccc(C[NH+]3CCOCC3)cc2)cc1Cl. The third-order valence-electron chi connectivity index (χ3n) is 4.56. The Hall–Kier alpha value is -1.66. The highest BCUT2D eigenvalue weighted by Gasteiger charge is 2.13. The number of halogens is 1. The standard InChI is InChI=1S/C20H24ClN3OS/c1-15-2-7-18(12-19(15)21)23-20(26)22-13-16-3-5-17(6-4-16)14-24-8-10-25-11-9-24/h2-7,12H,8-11,13-14H2,1H3,(H2,22,23,26)/p+1. The van der Waals surface area contributed by atoms with Gasteiger partial charge in [-0.2, -0.15) is 0 Å². The highest BCUT2D eigenvalue weighted by molar-refractivity contribution is 7.80. The maximum absolute atomic E-state index is 6.14. The number of nitrogens with one attached hydrogen (secondary N) is 3. The molecule has 0 radical (unpaired) electrons. The van der Waals surface area contributed by atoms with E-state index in [4.69, 9.17) is 28.6 Å². The summed E-state index contributed by atoms with van der Waals surface area (Å²) in [6, 6.07) is 14.6. The number of rotatable bonds is 5. The van der Waals surface area contributed by atoms with Crippen LogP contribution in [0.4, 0.5) is 5.69 Å². The number of ether oxygens (including phenoxy) is 1. The van der Waals surface area contributed by atoms with Crippen LogP contribution in [0.5, 0.6) is 0 Å². The number of hydrogen-bond donors (Lipinski definition) is 3. The van der Waals surface area contributed by atoms with Gasteiger partial charge in [0, 0.05) is 22.8 Å². The van der Waals surface area contributed by atoms with E-state index in [1.165, 1.54) is 11.1 Å². The minimum Gasteiger partial charge on any atom is -0.370 e. The summed E-state index contributed by atoms with van der Waals surface area (Å²) in [5.74, 6) is 0. The molecule has 3 rings (SSSR count). The first-order valence-corrected chi connectivity index (χ1v) is 9.69. The molecule has 138 valence electrons. The van der Waals surface area contributed by atoms with Crippen LogP contribution in [-0.2, 0) is 17.8 Å². The van der Waals surface area contributed by atoms with Gasteiger partial charge in [0.05, 0.1) is 13.2 Å². The molecule has 2 aromatic rings. The van der Waals surface area contributed by atoms with Gasteiger partial charge in [0.15, 0.2) is 5.11 Å². The summed E-state index contributed by atoms with van der Waals surface area (Å²) in [4.78, 5) is 1.59. The Morgan fingerprint density at radius 1 is 1.12 bits per heavy atom. The molecule has 0 spiro atoms. The molecule has 2 aromatic carbocycles. The molecule has 26 heavy (non-hydrogen) atoms. The van der Waals surface area contributed by atoms with Crippen LogP contribution in [0.25, 0.3) is 0 Å². The van der Waals surface area contributed by atoms with Crippen molar-refractivity contribution in [3.05, 3.63) is 64.2 Å². The van der Waals surface area contributed by atoms with Gasteiger partial charge in [0.1, 0.15) is 19.6 Å². The second kappa shape index (κ2) is 9.33. The van der Waals surface area contributed by atoms with Crippen molar-refractivity contribution in [2.75, 3.05) is 31.6 Å². The third-order valence-corrected chi connectivity index (χ3v) is 5.21. The topological polar surface area (TPSA) is 37.7 Å². The summed E-state index contributed by atoms with van der Waals surface area (Å²) in [5.41, 5.74) is 4.51. The van der Waals surface area contributed by atoms with E-state index < -0.39 is 0 Å². The van der Waals surface area contributed by atoms with Crippen molar-refractivity contribution >= 4 is 34.6 Å². The zero-order valence-electron chi connectivity index (χ0n) is 15.0. The van der Waals surface area contributed by atoms with E-state index in [0.717, 1.165) is 49.1 Å². The predicted molar refractivity (Wildman–Crippen MR) is 111 cm³/mol. The maximum Gasteiger partial charge on any atom is 0.171 e. The molecule has 0 aromatic heterocycles. The lowest BCUT2D eigenvalue weighted by Gasteiger charge is -2.23. The summed E-state index contributed by atoms with van der Waals surface area (Å²) >= 11 is 11.5. The lowest BCUT2D eigenvalue weighted by molar-refractivity contribution is -0.921. The number of benzene rings is 2. The third kappa shape index (κ3) is 5.68. The molecule has 1 heterocycles. The van der Waals surface area contributed by atoms with Crippen molar-refractivity contribution in [1.29, 1.82) is 0 Å². The Kier molecular flexibility index (Phi) is 6.86. The molecule has 1 fully saturated rings. The highest BCUT2D eigenvalue weighted by atomic mass is 35.5. The average molecular weight is 391 g/mol. The van der Waals surface area contributed by atoms with Crippen LogP contribution in [0.2, 0.25) is 5.02 Å². The molecule has 6 heteroatoms. The molecule has 1 saturated heterocycles. The predicted octanol–water partition coefficient (Wildman–Crippen LogP) is 2.55. The number of hydrogen-bond acceptors (Lipinski definition) is 2. The van der Waals surface area contributed by atoms with Crippen LogP contribution in [0, 0.1) is 6.92 Å². The second-order valence-electron chi connectivity index (χ2n) is 6.63. The molecule has 0 atom stereocenters. The minimum absolute atomic E-state index is 0.590. The molecule has 1 aliphatic rings. The first-order valence-electron chi connectivity index (χ1n) is 8.90. The van der Waals surface area contributed by atoms with E-state index in [2.05, 4.69) is 34.9 Å². The van der Waals surface area contributed by atoms with Crippen molar-refractivity contribution in [2.24, 2.45) is 0 Å². The van der Waals surface area contributed by atoms with Crippen LogP contribution < -0.4 is 15.5 Å². The van der Waals surface area contributed by atoms with Crippen molar-refractivity contribution in [3.8, 4) is 0 Å². The van der Waals surface area contributed by atoms with Crippen LogP contribution in [0.3, 0.4) is 0 Å². The molecule has 0 aliphatic carbocycles. The van der Waals surface area contributed by atoms with Gasteiger partial charge >= 0.3 is 0 Å². The average Bonchev–Trinajstić information content (AvgIpc) is 2.65. The largest absolute Gasteiger partial charge is 0.370 e. The Morgan fingerprint density at radius 3 is 2.50 bits per heavy atom. The van der Waals surface area contributed by atoms with Gasteiger partial charge in [-0.05, 0) is 42.4 Å². The van der Waals surface area contributed by atoms with E-state index in [1.54, 1.807) is 4.90 Å². The number of morpholine rings is 1. The molecule has 3 N–H and O–H groups in total. The number of quaternary nitrogens is 1. The van der Waals surface area contributed by atoms with Gasteiger partial charge in [-0.25, -0.2) is 0 Å². The molecule has 0 amide bonds. The molecule has 0 saturated carbocycles. The minimum atomic E-state index is 0.590. The smallest absolute Gasteiger partial charge is 0.171 e. The second-order valence-corrected chi connectivity index (χ2v) is 7.44. The fraction of sp³-hybridized carbons (Fsp3) is 0.350. The number of thiocarbonyl (C=S) groups is 1. The van der Waals surface area contributed by atoms with E-state index in [9.17, 15) is 0 Å².